The number of aromatic nitrogens is 1. The van der Waals surface area contributed by atoms with Crippen LogP contribution in [0.5, 0.6) is 5.75 Å². The topological polar surface area (TPSA) is 65.5 Å². The van der Waals surface area contributed by atoms with Crippen LogP contribution in [0.1, 0.15) is 42.5 Å². The molecule has 20 heavy (non-hydrogen) atoms. The van der Waals surface area contributed by atoms with Crippen molar-refractivity contribution < 1.29 is 9.90 Å². The molecule has 3 rings (SSSR count). The first-order valence-electron chi connectivity index (χ1n) is 7.30. The van der Waals surface area contributed by atoms with Crippen molar-refractivity contribution in [2.75, 3.05) is 7.05 Å². The minimum atomic E-state index is -0.138. The fraction of sp³-hybridized carbons (Fsp3) is 0.600. The van der Waals surface area contributed by atoms with Gasteiger partial charge in [-0.05, 0) is 38.8 Å². The van der Waals surface area contributed by atoms with Crippen LogP contribution in [0.15, 0.2) is 18.5 Å². The number of aromatic hydroxyl groups is 1. The minimum Gasteiger partial charge on any atom is -0.506 e. The van der Waals surface area contributed by atoms with Crippen LogP contribution in [0.4, 0.5) is 0 Å². The lowest BCUT2D eigenvalue weighted by atomic mass is 9.82. The maximum atomic E-state index is 12.2. The quantitative estimate of drug-likeness (QED) is 0.859. The predicted octanol–water partition coefficient (Wildman–Crippen LogP) is 1.53. The summed E-state index contributed by atoms with van der Waals surface area (Å²) in [5, 5.41) is 12.5. The third-order valence-corrected chi connectivity index (χ3v) is 4.66. The van der Waals surface area contributed by atoms with Crippen molar-refractivity contribution >= 4 is 5.91 Å². The molecule has 1 aromatic rings. The molecule has 2 saturated heterocycles. The average molecular weight is 275 g/mol. The van der Waals surface area contributed by atoms with Crippen LogP contribution in [0.3, 0.4) is 0 Å². The number of nitrogens with zero attached hydrogens (tertiary/aromatic N) is 2. The van der Waals surface area contributed by atoms with Crippen LogP contribution >= 0.6 is 0 Å². The number of hydrogen-bond donors (Lipinski definition) is 2. The second kappa shape index (κ2) is 5.40. The first-order chi connectivity index (χ1) is 9.63. The Morgan fingerprint density at radius 2 is 2.05 bits per heavy atom. The SMILES string of the molecule is CN1C2CCCC1CC(NC(=O)c1cncc(O)c1)C2. The van der Waals surface area contributed by atoms with Crippen molar-refractivity contribution in [2.45, 2.75) is 50.2 Å². The summed E-state index contributed by atoms with van der Waals surface area (Å²) in [5.41, 5.74) is 0.425. The highest BCUT2D eigenvalue weighted by Crippen LogP contribution is 2.32. The highest BCUT2D eigenvalue weighted by molar-refractivity contribution is 5.94. The van der Waals surface area contributed by atoms with Crippen LogP contribution in [0, 0.1) is 0 Å². The molecule has 2 unspecified atom stereocenters. The lowest BCUT2D eigenvalue weighted by molar-refractivity contribution is 0.0463. The fourth-order valence-electron chi connectivity index (χ4n) is 3.55. The van der Waals surface area contributed by atoms with E-state index in [2.05, 4.69) is 22.2 Å². The summed E-state index contributed by atoms with van der Waals surface area (Å²) in [6.45, 7) is 0. The number of nitrogens with one attached hydrogen (secondary N) is 1. The summed E-state index contributed by atoms with van der Waals surface area (Å²) in [4.78, 5) is 18.5. The molecule has 5 heteroatoms. The molecule has 1 amide bonds. The van der Waals surface area contributed by atoms with Crippen molar-refractivity contribution in [3.05, 3.63) is 24.0 Å². The average Bonchev–Trinajstić information content (AvgIpc) is 2.40. The van der Waals surface area contributed by atoms with Gasteiger partial charge < -0.3 is 15.3 Å². The Labute approximate surface area is 119 Å². The number of carbonyl (C=O) groups is 1. The van der Waals surface area contributed by atoms with Crippen molar-refractivity contribution in [1.82, 2.24) is 15.2 Å². The number of hydrogen-bond acceptors (Lipinski definition) is 4. The van der Waals surface area contributed by atoms with Gasteiger partial charge in [0.05, 0.1) is 11.8 Å². The summed E-state index contributed by atoms with van der Waals surface area (Å²) in [5.74, 6) is -0.112. The minimum absolute atomic E-state index is 0.0258. The lowest BCUT2D eigenvalue weighted by Gasteiger charge is -2.47. The maximum absolute atomic E-state index is 12.2. The van der Waals surface area contributed by atoms with Crippen molar-refractivity contribution in [3.63, 3.8) is 0 Å². The van der Waals surface area contributed by atoms with Crippen LogP contribution in [0.2, 0.25) is 0 Å². The van der Waals surface area contributed by atoms with Crippen LogP contribution in [0.25, 0.3) is 0 Å². The molecule has 0 saturated carbocycles. The van der Waals surface area contributed by atoms with E-state index in [1.54, 1.807) is 0 Å². The van der Waals surface area contributed by atoms with Gasteiger partial charge in [-0.2, -0.15) is 0 Å². The van der Waals surface area contributed by atoms with E-state index in [1.165, 1.54) is 37.7 Å². The standard InChI is InChI=1S/C15H21N3O2/c1-18-12-3-2-4-13(18)7-11(6-12)17-15(20)10-5-14(19)9-16-8-10/h5,8-9,11-13,19H,2-4,6-7H2,1H3,(H,17,20). The van der Waals surface area contributed by atoms with Crippen molar-refractivity contribution in [2.24, 2.45) is 0 Å². The van der Waals surface area contributed by atoms with E-state index >= 15 is 0 Å². The molecule has 0 spiro atoms. The highest BCUT2D eigenvalue weighted by atomic mass is 16.3. The normalized spacial score (nSPS) is 29.9. The lowest BCUT2D eigenvalue weighted by Crippen LogP contribution is -2.55. The Morgan fingerprint density at radius 3 is 2.70 bits per heavy atom. The summed E-state index contributed by atoms with van der Waals surface area (Å²) in [6, 6.07) is 2.87. The number of rotatable bonds is 2. The number of carbonyl (C=O) groups excluding carboxylic acids is 1. The molecule has 2 bridgehead atoms. The summed E-state index contributed by atoms with van der Waals surface area (Å²) in [7, 11) is 2.20. The van der Waals surface area contributed by atoms with Gasteiger partial charge in [-0.15, -0.1) is 0 Å². The van der Waals surface area contributed by atoms with E-state index < -0.39 is 0 Å². The Bertz CT molecular complexity index is 492. The Balaban J connectivity index is 1.65. The largest absolute Gasteiger partial charge is 0.506 e. The Morgan fingerprint density at radius 1 is 1.35 bits per heavy atom. The molecular formula is C15H21N3O2. The maximum Gasteiger partial charge on any atom is 0.253 e. The molecule has 108 valence electrons. The molecule has 2 aliphatic rings. The van der Waals surface area contributed by atoms with Gasteiger partial charge in [-0.3, -0.25) is 9.78 Å². The van der Waals surface area contributed by atoms with Crippen molar-refractivity contribution in [1.29, 1.82) is 0 Å². The predicted molar refractivity (Wildman–Crippen MR) is 75.6 cm³/mol. The molecule has 3 heterocycles. The first-order valence-corrected chi connectivity index (χ1v) is 7.30. The van der Waals surface area contributed by atoms with E-state index in [0.29, 0.717) is 17.6 Å². The van der Waals surface area contributed by atoms with Gasteiger partial charge in [0.2, 0.25) is 0 Å². The van der Waals surface area contributed by atoms with E-state index in [4.69, 9.17) is 0 Å². The molecule has 2 aliphatic heterocycles. The van der Waals surface area contributed by atoms with Gasteiger partial charge in [0.1, 0.15) is 5.75 Å². The second-order valence-electron chi connectivity index (χ2n) is 5.98. The first kappa shape index (κ1) is 13.4. The molecule has 5 nitrogen and oxygen atoms in total. The van der Waals surface area contributed by atoms with Gasteiger partial charge >= 0.3 is 0 Å². The van der Waals surface area contributed by atoms with Crippen LogP contribution in [-0.2, 0) is 0 Å². The number of fused-ring (bicyclic) bond motifs is 2. The number of pyridine rings is 1. The smallest absolute Gasteiger partial charge is 0.253 e. The van der Waals surface area contributed by atoms with Gasteiger partial charge in [-0.25, -0.2) is 0 Å². The molecule has 0 radical (unpaired) electrons. The van der Waals surface area contributed by atoms with Crippen molar-refractivity contribution in [3.8, 4) is 5.75 Å². The molecular weight excluding hydrogens is 254 g/mol. The van der Waals surface area contributed by atoms with Crippen LogP contribution in [-0.4, -0.2) is 46.1 Å². The number of amides is 1. The molecule has 0 aliphatic carbocycles. The van der Waals surface area contributed by atoms with E-state index in [1.807, 2.05) is 0 Å². The zero-order chi connectivity index (χ0) is 14.1. The Kier molecular flexibility index (Phi) is 3.61. The fourth-order valence-corrected chi connectivity index (χ4v) is 3.55. The highest BCUT2D eigenvalue weighted by Gasteiger charge is 2.36. The molecule has 2 fully saturated rings. The molecule has 2 N–H and O–H groups in total. The summed E-state index contributed by atoms with van der Waals surface area (Å²) >= 11 is 0. The van der Waals surface area contributed by atoms with Gasteiger partial charge in [0, 0.05) is 24.3 Å². The van der Waals surface area contributed by atoms with E-state index in [0.717, 1.165) is 12.8 Å². The Hall–Kier alpha value is -1.62. The second-order valence-corrected chi connectivity index (χ2v) is 5.98. The van der Waals surface area contributed by atoms with E-state index in [9.17, 15) is 9.90 Å². The third kappa shape index (κ3) is 2.63. The third-order valence-electron chi connectivity index (χ3n) is 4.66. The van der Waals surface area contributed by atoms with Crippen LogP contribution < -0.4 is 5.32 Å². The molecule has 0 aromatic carbocycles. The van der Waals surface area contributed by atoms with Gasteiger partial charge in [-0.1, -0.05) is 6.42 Å². The molecule has 1 aromatic heterocycles. The summed E-state index contributed by atoms with van der Waals surface area (Å²) < 4.78 is 0. The molecule has 2 atom stereocenters. The summed E-state index contributed by atoms with van der Waals surface area (Å²) in [6.07, 6.45) is 8.62. The van der Waals surface area contributed by atoms with Gasteiger partial charge in [0.15, 0.2) is 0 Å². The van der Waals surface area contributed by atoms with E-state index in [-0.39, 0.29) is 17.7 Å². The number of piperidine rings is 2. The monoisotopic (exact) mass is 275 g/mol. The zero-order valence-electron chi connectivity index (χ0n) is 11.7. The van der Waals surface area contributed by atoms with Gasteiger partial charge in [0.25, 0.3) is 5.91 Å². The zero-order valence-corrected chi connectivity index (χ0v) is 11.7.